The van der Waals surface area contributed by atoms with Gasteiger partial charge in [0.1, 0.15) is 5.75 Å². The van der Waals surface area contributed by atoms with Crippen molar-refractivity contribution in [2.75, 3.05) is 6.61 Å². The van der Waals surface area contributed by atoms with Crippen LogP contribution in [0, 0.1) is 13.8 Å². The van der Waals surface area contributed by atoms with Crippen LogP contribution in [0.2, 0.25) is 0 Å². The highest BCUT2D eigenvalue weighted by atomic mass is 16.5. The van der Waals surface area contributed by atoms with E-state index in [0.29, 0.717) is 12.6 Å². The summed E-state index contributed by atoms with van der Waals surface area (Å²) in [6.45, 7) is 8.76. The Morgan fingerprint density at radius 1 is 1.32 bits per heavy atom. The zero-order valence-electron chi connectivity index (χ0n) is 12.4. The first-order chi connectivity index (χ1) is 9.02. The van der Waals surface area contributed by atoms with E-state index < -0.39 is 6.10 Å². The minimum Gasteiger partial charge on any atom is -0.494 e. The first-order valence-electron chi connectivity index (χ1n) is 7.21. The van der Waals surface area contributed by atoms with Gasteiger partial charge >= 0.3 is 0 Å². The molecule has 0 heterocycles. The van der Waals surface area contributed by atoms with Crippen molar-refractivity contribution in [1.82, 2.24) is 5.32 Å². The summed E-state index contributed by atoms with van der Waals surface area (Å²) < 4.78 is 5.59. The van der Waals surface area contributed by atoms with E-state index in [-0.39, 0.29) is 6.04 Å². The molecule has 0 aromatic heterocycles. The van der Waals surface area contributed by atoms with Crippen LogP contribution >= 0.6 is 0 Å². The molecular weight excluding hydrogens is 238 g/mol. The number of hydrogen-bond acceptors (Lipinski definition) is 3. The zero-order chi connectivity index (χ0) is 14.0. The lowest BCUT2D eigenvalue weighted by Gasteiger charge is -2.23. The SMILES string of the molecule is CCOc1cc(C)c(C(O)C(C)NC2CC2)cc1C. The van der Waals surface area contributed by atoms with Gasteiger partial charge in [0.05, 0.1) is 12.7 Å². The third kappa shape index (κ3) is 3.48. The molecular formula is C16H25NO2. The molecule has 1 aliphatic carbocycles. The first kappa shape index (κ1) is 14.4. The van der Waals surface area contributed by atoms with Gasteiger partial charge in [-0.25, -0.2) is 0 Å². The van der Waals surface area contributed by atoms with E-state index in [0.717, 1.165) is 22.4 Å². The summed E-state index contributed by atoms with van der Waals surface area (Å²) in [6.07, 6.45) is 2.01. The molecule has 1 aromatic carbocycles. The molecule has 3 nitrogen and oxygen atoms in total. The molecule has 1 aromatic rings. The number of hydrogen-bond donors (Lipinski definition) is 2. The van der Waals surface area contributed by atoms with Gasteiger partial charge in [-0.05, 0) is 69.4 Å². The summed E-state index contributed by atoms with van der Waals surface area (Å²) in [7, 11) is 0. The third-order valence-electron chi connectivity index (χ3n) is 3.73. The van der Waals surface area contributed by atoms with Crippen molar-refractivity contribution in [2.24, 2.45) is 0 Å². The highest BCUT2D eigenvalue weighted by Gasteiger charge is 2.27. The molecule has 2 N–H and O–H groups in total. The fourth-order valence-corrected chi connectivity index (χ4v) is 2.42. The Kier molecular flexibility index (Phi) is 4.48. The number of aliphatic hydroxyl groups is 1. The molecule has 19 heavy (non-hydrogen) atoms. The highest BCUT2D eigenvalue weighted by Crippen LogP contribution is 2.29. The molecule has 1 fully saturated rings. The topological polar surface area (TPSA) is 41.5 Å². The summed E-state index contributed by atoms with van der Waals surface area (Å²) in [6, 6.07) is 4.77. The molecule has 0 amide bonds. The lowest BCUT2D eigenvalue weighted by Crippen LogP contribution is -2.34. The third-order valence-corrected chi connectivity index (χ3v) is 3.73. The van der Waals surface area contributed by atoms with Crippen LogP contribution in [0.1, 0.15) is 49.5 Å². The minimum absolute atomic E-state index is 0.0866. The van der Waals surface area contributed by atoms with E-state index in [1.54, 1.807) is 0 Å². The van der Waals surface area contributed by atoms with Crippen molar-refractivity contribution >= 4 is 0 Å². The lowest BCUT2D eigenvalue weighted by molar-refractivity contribution is 0.134. The predicted octanol–water partition coefficient (Wildman–Crippen LogP) is 2.88. The molecule has 2 unspecified atom stereocenters. The quantitative estimate of drug-likeness (QED) is 0.829. The summed E-state index contributed by atoms with van der Waals surface area (Å²) in [4.78, 5) is 0. The highest BCUT2D eigenvalue weighted by molar-refractivity contribution is 5.42. The molecule has 0 radical (unpaired) electrons. The van der Waals surface area contributed by atoms with E-state index in [1.807, 2.05) is 33.8 Å². The number of nitrogens with one attached hydrogen (secondary N) is 1. The van der Waals surface area contributed by atoms with Crippen LogP contribution in [0.4, 0.5) is 0 Å². The average Bonchev–Trinajstić information content (AvgIpc) is 3.16. The van der Waals surface area contributed by atoms with Crippen LogP contribution < -0.4 is 10.1 Å². The summed E-state index contributed by atoms with van der Waals surface area (Å²) in [5, 5.41) is 13.9. The maximum Gasteiger partial charge on any atom is 0.122 e. The Morgan fingerprint density at radius 3 is 2.58 bits per heavy atom. The molecule has 3 heteroatoms. The van der Waals surface area contributed by atoms with Crippen molar-refractivity contribution in [3.63, 3.8) is 0 Å². The van der Waals surface area contributed by atoms with E-state index in [9.17, 15) is 5.11 Å². The van der Waals surface area contributed by atoms with Gasteiger partial charge in [0.25, 0.3) is 0 Å². The van der Waals surface area contributed by atoms with E-state index >= 15 is 0 Å². The Morgan fingerprint density at radius 2 is 2.00 bits per heavy atom. The van der Waals surface area contributed by atoms with E-state index in [4.69, 9.17) is 4.74 Å². The van der Waals surface area contributed by atoms with Gasteiger partial charge in [-0.15, -0.1) is 0 Å². The van der Waals surface area contributed by atoms with Crippen molar-refractivity contribution in [1.29, 1.82) is 0 Å². The Balaban J connectivity index is 2.15. The monoisotopic (exact) mass is 263 g/mol. The van der Waals surface area contributed by atoms with E-state index in [1.165, 1.54) is 12.8 Å². The Hall–Kier alpha value is -1.06. The molecule has 0 bridgehead atoms. The average molecular weight is 263 g/mol. The second-order valence-electron chi connectivity index (χ2n) is 5.58. The molecule has 2 atom stereocenters. The van der Waals surface area contributed by atoms with Crippen molar-refractivity contribution < 1.29 is 9.84 Å². The molecule has 1 saturated carbocycles. The molecule has 0 spiro atoms. The molecule has 106 valence electrons. The van der Waals surface area contributed by atoms with Gasteiger partial charge in [0.2, 0.25) is 0 Å². The second-order valence-corrected chi connectivity index (χ2v) is 5.58. The summed E-state index contributed by atoms with van der Waals surface area (Å²) in [5.41, 5.74) is 3.17. The Labute approximate surface area is 116 Å². The second kappa shape index (κ2) is 5.93. The normalized spacial score (nSPS) is 18.2. The first-order valence-corrected chi connectivity index (χ1v) is 7.21. The standard InChI is InChI=1S/C16H25NO2/c1-5-19-15-9-10(2)14(8-11(15)3)16(18)12(4)17-13-6-7-13/h8-9,12-13,16-18H,5-7H2,1-4H3. The van der Waals surface area contributed by atoms with Crippen LogP contribution in [0.25, 0.3) is 0 Å². The largest absolute Gasteiger partial charge is 0.494 e. The fraction of sp³-hybridized carbons (Fsp3) is 0.625. The van der Waals surface area contributed by atoms with E-state index in [2.05, 4.69) is 11.4 Å². The number of aryl methyl sites for hydroxylation is 2. The minimum atomic E-state index is -0.463. The van der Waals surface area contributed by atoms with Crippen molar-refractivity contribution in [3.05, 3.63) is 28.8 Å². The molecule has 2 rings (SSSR count). The van der Waals surface area contributed by atoms with Gasteiger partial charge < -0.3 is 15.2 Å². The summed E-state index contributed by atoms with van der Waals surface area (Å²) in [5.74, 6) is 0.916. The van der Waals surface area contributed by atoms with Crippen LogP contribution in [0.3, 0.4) is 0 Å². The van der Waals surface area contributed by atoms with Crippen molar-refractivity contribution in [2.45, 2.75) is 58.7 Å². The van der Waals surface area contributed by atoms with Crippen molar-refractivity contribution in [3.8, 4) is 5.75 Å². The zero-order valence-corrected chi connectivity index (χ0v) is 12.4. The smallest absolute Gasteiger partial charge is 0.122 e. The van der Waals surface area contributed by atoms with Gasteiger partial charge in [-0.2, -0.15) is 0 Å². The molecule has 1 aliphatic rings. The van der Waals surface area contributed by atoms with Gasteiger partial charge in [-0.3, -0.25) is 0 Å². The summed E-state index contributed by atoms with van der Waals surface area (Å²) >= 11 is 0. The van der Waals surface area contributed by atoms with Crippen LogP contribution in [-0.4, -0.2) is 23.8 Å². The maximum atomic E-state index is 10.5. The van der Waals surface area contributed by atoms with Gasteiger partial charge in [0, 0.05) is 12.1 Å². The van der Waals surface area contributed by atoms with Crippen LogP contribution in [0.5, 0.6) is 5.75 Å². The number of benzene rings is 1. The molecule has 0 aliphatic heterocycles. The van der Waals surface area contributed by atoms with Crippen LogP contribution in [-0.2, 0) is 0 Å². The maximum absolute atomic E-state index is 10.5. The number of rotatable bonds is 6. The number of ether oxygens (including phenoxy) is 1. The van der Waals surface area contributed by atoms with Gasteiger partial charge in [0.15, 0.2) is 0 Å². The predicted molar refractivity (Wildman–Crippen MR) is 77.7 cm³/mol. The number of aliphatic hydroxyl groups excluding tert-OH is 1. The Bertz CT molecular complexity index is 441. The van der Waals surface area contributed by atoms with Gasteiger partial charge in [-0.1, -0.05) is 0 Å². The van der Waals surface area contributed by atoms with Crippen LogP contribution in [0.15, 0.2) is 12.1 Å². The fourth-order valence-electron chi connectivity index (χ4n) is 2.42. The lowest BCUT2D eigenvalue weighted by atomic mass is 9.96. The molecule has 0 saturated heterocycles.